The number of hydrogen-bond donors (Lipinski definition) is 0. The number of carbonyl (C=O) groups excluding carboxylic acids is 1. The molecule has 0 unspecified atom stereocenters. The maximum atomic E-state index is 11.9. The van der Waals surface area contributed by atoms with Crippen LogP contribution in [0.3, 0.4) is 0 Å². The van der Waals surface area contributed by atoms with Crippen LogP contribution < -0.4 is 0 Å². The second kappa shape index (κ2) is 4.46. The van der Waals surface area contributed by atoms with Crippen molar-refractivity contribution in [2.45, 2.75) is 0 Å². The molecule has 2 heteroatoms. The number of Topliss-reactive ketones (excluding diaryl/α,β-unsaturated/α-hetero) is 1. The van der Waals surface area contributed by atoms with Gasteiger partial charge in [-0.05, 0) is 8.09 Å². The van der Waals surface area contributed by atoms with Crippen LogP contribution in [0, 0.1) is 0 Å². The third kappa shape index (κ3) is 2.07. The van der Waals surface area contributed by atoms with Gasteiger partial charge in [0.05, 0.1) is 0 Å². The van der Waals surface area contributed by atoms with Gasteiger partial charge in [0.1, 0.15) is 0 Å². The van der Waals surface area contributed by atoms with Gasteiger partial charge in [-0.15, -0.1) is 0 Å². The van der Waals surface area contributed by atoms with Gasteiger partial charge in [-0.25, -0.2) is 0 Å². The van der Waals surface area contributed by atoms with Crippen LogP contribution in [0.25, 0.3) is 0 Å². The molecule has 0 aromatic heterocycles. The Labute approximate surface area is 92.9 Å². The predicted octanol–water partition coefficient (Wildman–Crippen LogP) is 3.10. The summed E-state index contributed by atoms with van der Waals surface area (Å²) in [5.74, 6) is 0.134. The van der Waals surface area contributed by atoms with Crippen LogP contribution in [0.4, 0.5) is 0 Å². The minimum Gasteiger partial charge on any atom is -0.289 e. The molecule has 0 bridgehead atoms. The zero-order valence-corrected chi connectivity index (χ0v) is 9.64. The van der Waals surface area contributed by atoms with Gasteiger partial charge in [-0.1, -0.05) is 63.2 Å². The largest absolute Gasteiger partial charge is 0.289 e. The van der Waals surface area contributed by atoms with Gasteiger partial charge in [0.2, 0.25) is 0 Å². The number of benzene rings is 1. The fourth-order valence-electron chi connectivity index (χ4n) is 1.20. The molecular weight excluding hydrogens is 287 g/mol. The van der Waals surface area contributed by atoms with Gasteiger partial charge < -0.3 is 0 Å². The van der Waals surface area contributed by atoms with Crippen LogP contribution >= 0.6 is 20.7 Å². The van der Waals surface area contributed by atoms with Gasteiger partial charge in [0.25, 0.3) is 0 Å². The van der Waals surface area contributed by atoms with Gasteiger partial charge in [0, 0.05) is 11.1 Å². The minimum absolute atomic E-state index is 0.0457. The number of carbonyl (C=O) groups is 1. The number of ketones is 1. The van der Waals surface area contributed by atoms with E-state index in [1.807, 2.05) is 42.5 Å². The third-order valence-corrected chi connectivity index (χ3v) is 3.76. The van der Waals surface area contributed by atoms with Gasteiger partial charge in [-0.2, -0.15) is 0 Å². The van der Waals surface area contributed by atoms with E-state index in [0.717, 1.165) is 11.1 Å². The van der Waals surface area contributed by atoms with E-state index in [9.17, 15) is 4.79 Å². The van der Waals surface area contributed by atoms with E-state index in [2.05, 4.69) is 8.09 Å². The highest BCUT2D eigenvalue weighted by Gasteiger charge is 2.08. The number of halogens is 1. The number of rotatable bonds is 2. The summed E-state index contributed by atoms with van der Waals surface area (Å²) < 4.78 is 4.20. The zero-order valence-electron chi connectivity index (χ0n) is 7.48. The molecule has 0 spiro atoms. The lowest BCUT2D eigenvalue weighted by atomic mass is 10.0. The quantitative estimate of drug-likeness (QED) is 0.605. The molecule has 1 aliphatic heterocycles. The normalized spacial score (nSPS) is 14.4. The Morgan fingerprint density at radius 3 is 2.57 bits per heavy atom. The molecule has 1 aromatic carbocycles. The van der Waals surface area contributed by atoms with Crippen LogP contribution in [0.5, 0.6) is 0 Å². The monoisotopic (exact) mass is 296 g/mol. The molecular formula is C12H9IO. The fourth-order valence-corrected chi connectivity index (χ4v) is 2.74. The van der Waals surface area contributed by atoms with E-state index in [-0.39, 0.29) is 26.5 Å². The van der Waals surface area contributed by atoms with Crippen molar-refractivity contribution in [3.8, 4) is 0 Å². The highest BCUT2D eigenvalue weighted by molar-refractivity contribution is 14.2. The summed E-state index contributed by atoms with van der Waals surface area (Å²) in [6.45, 7) is 0. The van der Waals surface area contributed by atoms with Crippen LogP contribution in [0.2, 0.25) is 0 Å². The van der Waals surface area contributed by atoms with Crippen molar-refractivity contribution in [1.82, 2.24) is 0 Å². The summed E-state index contributed by atoms with van der Waals surface area (Å²) in [5.41, 5.74) is 1.61. The summed E-state index contributed by atoms with van der Waals surface area (Å²) in [7, 11) is 0. The highest BCUT2D eigenvalue weighted by atomic mass is 127. The molecule has 1 nitrogen and oxygen atoms in total. The predicted molar refractivity (Wildman–Crippen MR) is 68.1 cm³/mol. The third-order valence-electron chi connectivity index (χ3n) is 1.90. The first-order valence-corrected chi connectivity index (χ1v) is 6.79. The van der Waals surface area contributed by atoms with E-state index < -0.39 is 0 Å². The number of hydrogen-bond acceptors (Lipinski definition) is 1. The lowest BCUT2D eigenvalue weighted by Gasteiger charge is -2.01. The zero-order chi connectivity index (χ0) is 9.80. The first-order chi connectivity index (χ1) is 6.88. The molecule has 2 rings (SSSR count). The topological polar surface area (TPSA) is 17.1 Å². The van der Waals surface area contributed by atoms with E-state index in [4.69, 9.17) is 0 Å². The van der Waals surface area contributed by atoms with Crippen molar-refractivity contribution < 1.29 is 4.79 Å². The van der Waals surface area contributed by atoms with Gasteiger partial charge in [-0.3, -0.25) is 4.79 Å². The molecule has 0 amide bonds. The highest BCUT2D eigenvalue weighted by Crippen LogP contribution is 2.16. The van der Waals surface area contributed by atoms with E-state index in [0.29, 0.717) is 0 Å². The first-order valence-electron chi connectivity index (χ1n) is 4.30. The Bertz CT molecular complexity index is 427. The maximum absolute atomic E-state index is 11.9. The van der Waals surface area contributed by atoms with E-state index in [1.54, 1.807) is 0 Å². The molecule has 0 fully saturated rings. The SMILES string of the molecule is O=C(C1=CI=CC=C1)c1ccccc1. The summed E-state index contributed by atoms with van der Waals surface area (Å²) in [5, 5.41) is 0. The molecule has 14 heavy (non-hydrogen) atoms. The smallest absolute Gasteiger partial charge is 0.193 e. The van der Waals surface area contributed by atoms with E-state index in [1.165, 1.54) is 0 Å². The molecule has 1 heterocycles. The summed E-state index contributed by atoms with van der Waals surface area (Å²) in [6, 6.07) is 9.41. The summed E-state index contributed by atoms with van der Waals surface area (Å²) >= 11 is -0.0457. The Balaban J connectivity index is 2.30. The molecule has 70 valence electrons. The molecule has 1 aliphatic rings. The average Bonchev–Trinajstić information content (AvgIpc) is 2.30. The molecule has 0 aliphatic carbocycles. The first kappa shape index (κ1) is 9.52. The van der Waals surface area contributed by atoms with Gasteiger partial charge in [0.15, 0.2) is 5.78 Å². The van der Waals surface area contributed by atoms with Crippen molar-refractivity contribution in [2.24, 2.45) is 0 Å². The Kier molecular flexibility index (Phi) is 3.03. The van der Waals surface area contributed by atoms with Crippen molar-refractivity contribution >= 4 is 30.5 Å². The Morgan fingerprint density at radius 2 is 1.93 bits per heavy atom. The average molecular weight is 296 g/mol. The summed E-state index contributed by atoms with van der Waals surface area (Å²) in [4.78, 5) is 11.9. The second-order valence-corrected chi connectivity index (χ2v) is 4.93. The lowest BCUT2D eigenvalue weighted by Crippen LogP contribution is -2.01. The standard InChI is InChI=1S/C12H9IO/c14-12(10-5-2-1-3-6-10)11-7-4-8-13-9-11/h1-9H. The Hall–Kier alpha value is -1.03. The summed E-state index contributed by atoms with van der Waals surface area (Å²) in [6.07, 6.45) is 3.86. The molecule has 0 atom stereocenters. The van der Waals surface area contributed by atoms with Crippen LogP contribution in [-0.2, 0) is 0 Å². The second-order valence-electron chi connectivity index (χ2n) is 2.87. The fraction of sp³-hybridized carbons (Fsp3) is 0. The van der Waals surface area contributed by atoms with Crippen molar-refractivity contribution in [2.75, 3.05) is 0 Å². The van der Waals surface area contributed by atoms with Crippen molar-refractivity contribution in [3.63, 3.8) is 0 Å². The van der Waals surface area contributed by atoms with Crippen LogP contribution in [0.15, 0.2) is 52.1 Å². The molecule has 0 saturated heterocycles. The lowest BCUT2D eigenvalue weighted by molar-refractivity contribution is 0.103. The number of allylic oxidation sites excluding steroid dienone is 3. The molecule has 0 N–H and O–H groups in total. The Morgan fingerprint density at radius 1 is 1.14 bits per heavy atom. The van der Waals surface area contributed by atoms with Crippen LogP contribution in [0.1, 0.15) is 10.4 Å². The van der Waals surface area contributed by atoms with Crippen molar-refractivity contribution in [3.05, 3.63) is 57.7 Å². The van der Waals surface area contributed by atoms with Gasteiger partial charge >= 0.3 is 0 Å². The van der Waals surface area contributed by atoms with Crippen molar-refractivity contribution in [1.29, 1.82) is 0 Å². The van der Waals surface area contributed by atoms with E-state index >= 15 is 0 Å². The molecule has 0 radical (unpaired) electrons. The molecule has 1 aromatic rings. The minimum atomic E-state index is -0.0457. The maximum Gasteiger partial charge on any atom is 0.193 e. The molecule has 0 saturated carbocycles. The van der Waals surface area contributed by atoms with Crippen LogP contribution in [-0.4, -0.2) is 9.79 Å².